The Morgan fingerprint density at radius 1 is 1.11 bits per heavy atom. The van der Waals surface area contributed by atoms with E-state index in [2.05, 4.69) is 17.0 Å². The lowest BCUT2D eigenvalue weighted by molar-refractivity contribution is 0.171. The Morgan fingerprint density at radius 2 is 1.84 bits per heavy atom. The van der Waals surface area contributed by atoms with Gasteiger partial charge in [0.05, 0.1) is 0 Å². The molecule has 0 saturated carbocycles. The van der Waals surface area contributed by atoms with Crippen molar-refractivity contribution in [3.8, 4) is 11.5 Å². The fourth-order valence-corrected chi connectivity index (χ4v) is 2.71. The van der Waals surface area contributed by atoms with Gasteiger partial charge in [-0.05, 0) is 50.0 Å². The molecule has 1 aromatic carbocycles. The molecule has 19 heavy (non-hydrogen) atoms. The van der Waals surface area contributed by atoms with E-state index in [0.29, 0.717) is 19.3 Å². The normalized spacial score (nSPS) is 20.5. The molecule has 2 aliphatic heterocycles. The quantitative estimate of drug-likeness (QED) is 0.895. The topological polar surface area (TPSA) is 47.7 Å². The summed E-state index contributed by atoms with van der Waals surface area (Å²) in [7, 11) is 0. The molecule has 0 spiro atoms. The van der Waals surface area contributed by atoms with E-state index in [1.54, 1.807) is 0 Å². The van der Waals surface area contributed by atoms with Gasteiger partial charge in [0.25, 0.3) is 0 Å². The Balaban J connectivity index is 1.55. The van der Waals surface area contributed by atoms with Crippen molar-refractivity contribution >= 4 is 0 Å². The molecule has 104 valence electrons. The number of piperidine rings is 1. The number of hydrogen-bond acceptors (Lipinski definition) is 4. The lowest BCUT2D eigenvalue weighted by Gasteiger charge is -2.30. The SMILES string of the molecule is NC1CCN(CCc2ccc3c(c2)OCCO3)CC1. The molecule has 0 aromatic heterocycles. The van der Waals surface area contributed by atoms with Gasteiger partial charge in [-0.1, -0.05) is 6.07 Å². The molecular weight excluding hydrogens is 240 g/mol. The minimum atomic E-state index is 0.408. The Bertz CT molecular complexity index is 428. The lowest BCUT2D eigenvalue weighted by atomic mass is 10.0. The summed E-state index contributed by atoms with van der Waals surface area (Å²) in [4.78, 5) is 2.50. The summed E-state index contributed by atoms with van der Waals surface area (Å²) in [5, 5.41) is 0. The van der Waals surface area contributed by atoms with Crippen LogP contribution in [0.2, 0.25) is 0 Å². The monoisotopic (exact) mass is 262 g/mol. The largest absolute Gasteiger partial charge is 0.486 e. The van der Waals surface area contributed by atoms with Crippen molar-refractivity contribution in [1.82, 2.24) is 4.90 Å². The Hall–Kier alpha value is -1.26. The maximum Gasteiger partial charge on any atom is 0.161 e. The number of likely N-dealkylation sites (tertiary alicyclic amines) is 1. The van der Waals surface area contributed by atoms with Gasteiger partial charge in [-0.3, -0.25) is 0 Å². The molecule has 2 heterocycles. The number of fused-ring (bicyclic) bond motifs is 1. The molecule has 3 rings (SSSR count). The van der Waals surface area contributed by atoms with Crippen molar-refractivity contribution in [2.75, 3.05) is 32.8 Å². The summed E-state index contributed by atoms with van der Waals surface area (Å²) < 4.78 is 11.2. The van der Waals surface area contributed by atoms with Crippen LogP contribution in [0.5, 0.6) is 11.5 Å². The van der Waals surface area contributed by atoms with Crippen molar-refractivity contribution in [3.63, 3.8) is 0 Å². The zero-order chi connectivity index (χ0) is 13.1. The van der Waals surface area contributed by atoms with Crippen LogP contribution in [0.4, 0.5) is 0 Å². The fourth-order valence-electron chi connectivity index (χ4n) is 2.71. The number of nitrogens with two attached hydrogens (primary N) is 1. The Labute approximate surface area is 114 Å². The van der Waals surface area contributed by atoms with Gasteiger partial charge in [0, 0.05) is 12.6 Å². The maximum atomic E-state index is 5.92. The third kappa shape index (κ3) is 3.19. The molecule has 0 bridgehead atoms. The second kappa shape index (κ2) is 5.80. The molecular formula is C15H22N2O2. The van der Waals surface area contributed by atoms with Crippen LogP contribution in [0.3, 0.4) is 0 Å². The molecule has 4 nitrogen and oxygen atoms in total. The Kier molecular flexibility index (Phi) is 3.89. The van der Waals surface area contributed by atoms with Crippen molar-refractivity contribution in [3.05, 3.63) is 23.8 Å². The van der Waals surface area contributed by atoms with E-state index < -0.39 is 0 Å². The molecule has 4 heteroatoms. The summed E-state index contributed by atoms with van der Waals surface area (Å²) in [5.41, 5.74) is 7.24. The maximum absolute atomic E-state index is 5.92. The first-order chi connectivity index (χ1) is 9.31. The van der Waals surface area contributed by atoms with E-state index in [4.69, 9.17) is 15.2 Å². The highest BCUT2D eigenvalue weighted by molar-refractivity contribution is 5.43. The van der Waals surface area contributed by atoms with Crippen molar-refractivity contribution in [2.45, 2.75) is 25.3 Å². The lowest BCUT2D eigenvalue weighted by Crippen LogP contribution is -2.40. The summed E-state index contributed by atoms with van der Waals surface area (Å²) in [6, 6.07) is 6.69. The van der Waals surface area contributed by atoms with E-state index >= 15 is 0 Å². The van der Waals surface area contributed by atoms with Crippen molar-refractivity contribution < 1.29 is 9.47 Å². The number of hydrogen-bond donors (Lipinski definition) is 1. The molecule has 1 aromatic rings. The molecule has 1 saturated heterocycles. The van der Waals surface area contributed by atoms with E-state index in [-0.39, 0.29) is 0 Å². The molecule has 0 radical (unpaired) electrons. The zero-order valence-corrected chi connectivity index (χ0v) is 11.3. The van der Waals surface area contributed by atoms with Crippen LogP contribution in [0.25, 0.3) is 0 Å². The zero-order valence-electron chi connectivity index (χ0n) is 11.3. The standard InChI is InChI=1S/C15H22N2O2/c16-13-4-7-17(8-5-13)6-3-12-1-2-14-15(11-12)19-10-9-18-14/h1-2,11,13H,3-10,16H2. The van der Waals surface area contributed by atoms with Crippen LogP contribution in [0.15, 0.2) is 18.2 Å². The van der Waals surface area contributed by atoms with Crippen LogP contribution in [0.1, 0.15) is 18.4 Å². The van der Waals surface area contributed by atoms with Gasteiger partial charge in [0.1, 0.15) is 13.2 Å². The first kappa shape index (κ1) is 12.8. The third-order valence-corrected chi connectivity index (χ3v) is 3.96. The predicted molar refractivity (Wildman–Crippen MR) is 74.8 cm³/mol. The average Bonchev–Trinajstić information content (AvgIpc) is 2.46. The second-order valence-electron chi connectivity index (χ2n) is 5.41. The average molecular weight is 262 g/mol. The molecule has 2 N–H and O–H groups in total. The van der Waals surface area contributed by atoms with E-state index in [1.165, 1.54) is 5.56 Å². The van der Waals surface area contributed by atoms with Crippen LogP contribution in [-0.2, 0) is 6.42 Å². The molecule has 0 aliphatic carbocycles. The third-order valence-electron chi connectivity index (χ3n) is 3.96. The summed E-state index contributed by atoms with van der Waals surface area (Å²) >= 11 is 0. The molecule has 0 atom stereocenters. The summed E-state index contributed by atoms with van der Waals surface area (Å²) in [6.45, 7) is 4.67. The number of ether oxygens (including phenoxy) is 2. The highest BCUT2D eigenvalue weighted by Gasteiger charge is 2.16. The summed E-state index contributed by atoms with van der Waals surface area (Å²) in [5.74, 6) is 1.77. The van der Waals surface area contributed by atoms with Gasteiger partial charge in [-0.15, -0.1) is 0 Å². The van der Waals surface area contributed by atoms with Gasteiger partial charge in [-0.25, -0.2) is 0 Å². The highest BCUT2D eigenvalue weighted by atomic mass is 16.6. The molecule has 0 unspecified atom stereocenters. The molecule has 2 aliphatic rings. The van der Waals surface area contributed by atoms with Gasteiger partial charge in [0.2, 0.25) is 0 Å². The number of nitrogens with zero attached hydrogens (tertiary/aromatic N) is 1. The van der Waals surface area contributed by atoms with Crippen molar-refractivity contribution in [1.29, 1.82) is 0 Å². The van der Waals surface area contributed by atoms with Crippen LogP contribution in [-0.4, -0.2) is 43.8 Å². The van der Waals surface area contributed by atoms with Crippen LogP contribution < -0.4 is 15.2 Å². The smallest absolute Gasteiger partial charge is 0.161 e. The van der Waals surface area contributed by atoms with Crippen LogP contribution >= 0.6 is 0 Å². The predicted octanol–water partition coefficient (Wildman–Crippen LogP) is 1.42. The number of benzene rings is 1. The first-order valence-electron chi connectivity index (χ1n) is 7.18. The van der Waals surface area contributed by atoms with Gasteiger partial charge < -0.3 is 20.1 Å². The van der Waals surface area contributed by atoms with E-state index in [9.17, 15) is 0 Å². The van der Waals surface area contributed by atoms with Crippen LogP contribution in [0, 0.1) is 0 Å². The highest BCUT2D eigenvalue weighted by Crippen LogP contribution is 2.30. The minimum Gasteiger partial charge on any atom is -0.486 e. The molecule has 0 amide bonds. The minimum absolute atomic E-state index is 0.408. The van der Waals surface area contributed by atoms with E-state index in [1.807, 2.05) is 6.07 Å². The van der Waals surface area contributed by atoms with E-state index in [0.717, 1.165) is 50.4 Å². The Morgan fingerprint density at radius 3 is 2.63 bits per heavy atom. The first-order valence-corrected chi connectivity index (χ1v) is 7.18. The number of rotatable bonds is 3. The second-order valence-corrected chi connectivity index (χ2v) is 5.41. The van der Waals surface area contributed by atoms with Gasteiger partial charge in [-0.2, -0.15) is 0 Å². The van der Waals surface area contributed by atoms with Crippen molar-refractivity contribution in [2.24, 2.45) is 5.73 Å². The fraction of sp³-hybridized carbons (Fsp3) is 0.600. The summed E-state index contributed by atoms with van der Waals surface area (Å²) in [6.07, 6.45) is 3.31. The van der Waals surface area contributed by atoms with Gasteiger partial charge in [0.15, 0.2) is 11.5 Å². The molecule has 1 fully saturated rings. The van der Waals surface area contributed by atoms with Gasteiger partial charge >= 0.3 is 0 Å².